The lowest BCUT2D eigenvalue weighted by atomic mass is 9.83. The Balaban J connectivity index is 1.26. The summed E-state index contributed by atoms with van der Waals surface area (Å²) in [5.41, 5.74) is 1.43. The fourth-order valence-electron chi connectivity index (χ4n) is 4.54. The van der Waals surface area contributed by atoms with Gasteiger partial charge in [0, 0.05) is 31.6 Å². The van der Waals surface area contributed by atoms with Gasteiger partial charge in [-0.2, -0.15) is 0 Å². The lowest BCUT2D eigenvalue weighted by Crippen LogP contribution is -2.53. The van der Waals surface area contributed by atoms with Crippen molar-refractivity contribution in [3.8, 4) is 0 Å². The Morgan fingerprint density at radius 2 is 1.88 bits per heavy atom. The average Bonchev–Trinajstić information content (AvgIpc) is 3.39. The monoisotopic (exact) mass is 338 g/mol. The molecule has 0 amide bonds. The predicted molar refractivity (Wildman–Crippen MR) is 96.5 cm³/mol. The van der Waals surface area contributed by atoms with E-state index in [1.54, 1.807) is 0 Å². The van der Waals surface area contributed by atoms with Crippen molar-refractivity contribution in [1.82, 2.24) is 15.1 Å². The predicted octanol–water partition coefficient (Wildman–Crippen LogP) is 3.44. The first-order valence-electron chi connectivity index (χ1n) is 9.73. The molecule has 0 radical (unpaired) electrons. The van der Waals surface area contributed by atoms with Gasteiger partial charge in [0.25, 0.3) is 0 Å². The molecule has 1 aromatic heterocycles. The summed E-state index contributed by atoms with van der Waals surface area (Å²) >= 11 is 0. The van der Waals surface area contributed by atoms with Gasteiger partial charge in [0.2, 0.25) is 5.89 Å². The van der Waals surface area contributed by atoms with Crippen molar-refractivity contribution in [3.05, 3.63) is 41.8 Å². The van der Waals surface area contributed by atoms with Crippen molar-refractivity contribution in [2.24, 2.45) is 5.92 Å². The third kappa shape index (κ3) is 3.17. The molecule has 5 rings (SSSR count). The number of anilines is 1. The molecule has 1 aliphatic carbocycles. The van der Waals surface area contributed by atoms with Gasteiger partial charge in [0.1, 0.15) is 0 Å². The molecule has 132 valence electrons. The van der Waals surface area contributed by atoms with Gasteiger partial charge in [-0.05, 0) is 50.1 Å². The van der Waals surface area contributed by atoms with Gasteiger partial charge >= 0.3 is 6.01 Å². The van der Waals surface area contributed by atoms with Gasteiger partial charge in [0.05, 0.1) is 0 Å². The van der Waals surface area contributed by atoms with E-state index in [4.69, 9.17) is 4.42 Å². The van der Waals surface area contributed by atoms with Crippen LogP contribution >= 0.6 is 0 Å². The SMILES string of the molecule is c1ccc(CN2CCCC3CN(c4nnc(C5CC5)o4)CCC32)cc1. The molecule has 2 aliphatic heterocycles. The first-order chi connectivity index (χ1) is 12.4. The molecule has 3 aliphatic rings. The van der Waals surface area contributed by atoms with E-state index in [2.05, 4.69) is 50.3 Å². The number of aromatic nitrogens is 2. The number of hydrogen-bond donors (Lipinski definition) is 0. The maximum absolute atomic E-state index is 5.94. The minimum atomic E-state index is 0.537. The molecule has 25 heavy (non-hydrogen) atoms. The van der Waals surface area contributed by atoms with Crippen LogP contribution in [0.15, 0.2) is 34.7 Å². The van der Waals surface area contributed by atoms with Crippen molar-refractivity contribution in [2.45, 2.75) is 50.6 Å². The number of nitrogens with zero attached hydrogens (tertiary/aromatic N) is 4. The molecule has 3 fully saturated rings. The fraction of sp³-hybridized carbons (Fsp3) is 0.600. The highest BCUT2D eigenvalue weighted by atomic mass is 16.4. The van der Waals surface area contributed by atoms with E-state index in [0.29, 0.717) is 17.9 Å². The standard InChI is InChI=1S/C20H26N4O/c1-2-5-15(6-3-1)13-23-11-4-7-17-14-24(12-10-18(17)23)20-22-21-19(25-20)16-8-9-16/h1-3,5-6,16-18H,4,7-14H2. The Morgan fingerprint density at radius 1 is 1.00 bits per heavy atom. The second-order valence-corrected chi connectivity index (χ2v) is 7.86. The first-order valence-corrected chi connectivity index (χ1v) is 9.73. The molecule has 0 spiro atoms. The van der Waals surface area contributed by atoms with Crippen LogP contribution in [-0.4, -0.2) is 40.8 Å². The maximum Gasteiger partial charge on any atom is 0.318 e. The van der Waals surface area contributed by atoms with Gasteiger partial charge in [-0.15, -0.1) is 5.10 Å². The maximum atomic E-state index is 5.94. The number of rotatable bonds is 4. The minimum absolute atomic E-state index is 0.537. The fourth-order valence-corrected chi connectivity index (χ4v) is 4.54. The molecule has 5 heteroatoms. The molecule has 2 saturated heterocycles. The molecular weight excluding hydrogens is 312 g/mol. The van der Waals surface area contributed by atoms with Gasteiger partial charge < -0.3 is 9.32 Å². The highest BCUT2D eigenvalue weighted by Gasteiger charge is 2.38. The van der Waals surface area contributed by atoms with E-state index >= 15 is 0 Å². The van der Waals surface area contributed by atoms with Crippen LogP contribution in [0.4, 0.5) is 6.01 Å². The third-order valence-corrected chi connectivity index (χ3v) is 6.04. The van der Waals surface area contributed by atoms with Gasteiger partial charge in [-0.1, -0.05) is 35.4 Å². The largest absolute Gasteiger partial charge is 0.408 e. The average molecular weight is 338 g/mol. The molecule has 2 atom stereocenters. The van der Waals surface area contributed by atoms with Crippen LogP contribution in [0.5, 0.6) is 0 Å². The summed E-state index contributed by atoms with van der Waals surface area (Å²) < 4.78 is 5.94. The summed E-state index contributed by atoms with van der Waals surface area (Å²) in [6, 6.07) is 12.3. The summed E-state index contributed by atoms with van der Waals surface area (Å²) in [5, 5.41) is 8.58. The lowest BCUT2D eigenvalue weighted by molar-refractivity contribution is 0.0690. The number of hydrogen-bond acceptors (Lipinski definition) is 5. The molecule has 5 nitrogen and oxygen atoms in total. The Bertz CT molecular complexity index is 711. The zero-order chi connectivity index (χ0) is 16.6. The van der Waals surface area contributed by atoms with Crippen LogP contribution in [0.2, 0.25) is 0 Å². The molecule has 2 unspecified atom stereocenters. The number of piperidine rings is 2. The smallest absolute Gasteiger partial charge is 0.318 e. The quantitative estimate of drug-likeness (QED) is 0.854. The molecular formula is C20H26N4O. The van der Waals surface area contributed by atoms with E-state index in [1.807, 2.05) is 0 Å². The zero-order valence-corrected chi connectivity index (χ0v) is 14.7. The van der Waals surface area contributed by atoms with Crippen LogP contribution in [-0.2, 0) is 6.54 Å². The Morgan fingerprint density at radius 3 is 2.72 bits per heavy atom. The number of fused-ring (bicyclic) bond motifs is 1. The molecule has 1 aromatic carbocycles. The Labute approximate surface area is 149 Å². The lowest BCUT2D eigenvalue weighted by Gasteiger charge is -2.47. The third-order valence-electron chi connectivity index (χ3n) is 6.04. The zero-order valence-electron chi connectivity index (χ0n) is 14.7. The first kappa shape index (κ1) is 15.4. The highest BCUT2D eigenvalue weighted by Crippen LogP contribution is 2.40. The van der Waals surface area contributed by atoms with E-state index in [1.165, 1.54) is 44.2 Å². The van der Waals surface area contributed by atoms with Gasteiger partial charge in [-0.25, -0.2) is 0 Å². The van der Waals surface area contributed by atoms with Crippen LogP contribution < -0.4 is 4.90 Å². The summed E-state index contributed by atoms with van der Waals surface area (Å²) in [6.45, 7) is 4.39. The normalized spacial score (nSPS) is 27.3. The minimum Gasteiger partial charge on any atom is -0.408 e. The Kier molecular flexibility index (Phi) is 3.97. The van der Waals surface area contributed by atoms with Crippen molar-refractivity contribution in [2.75, 3.05) is 24.5 Å². The molecule has 0 bridgehead atoms. The van der Waals surface area contributed by atoms with Crippen LogP contribution in [0, 0.1) is 5.92 Å². The summed E-state index contributed by atoms with van der Waals surface area (Å²) in [5.74, 6) is 2.10. The molecule has 1 saturated carbocycles. The highest BCUT2D eigenvalue weighted by molar-refractivity contribution is 5.27. The van der Waals surface area contributed by atoms with E-state index in [0.717, 1.165) is 31.5 Å². The van der Waals surface area contributed by atoms with Crippen molar-refractivity contribution in [3.63, 3.8) is 0 Å². The van der Waals surface area contributed by atoms with Crippen molar-refractivity contribution in [1.29, 1.82) is 0 Å². The summed E-state index contributed by atoms with van der Waals surface area (Å²) in [4.78, 5) is 5.02. The summed E-state index contributed by atoms with van der Waals surface area (Å²) in [7, 11) is 0. The molecule has 2 aromatic rings. The number of likely N-dealkylation sites (tertiary alicyclic amines) is 1. The Hall–Kier alpha value is -1.88. The van der Waals surface area contributed by atoms with E-state index < -0.39 is 0 Å². The number of benzene rings is 1. The van der Waals surface area contributed by atoms with Crippen LogP contribution in [0.1, 0.15) is 49.5 Å². The van der Waals surface area contributed by atoms with Crippen molar-refractivity contribution < 1.29 is 4.42 Å². The topological polar surface area (TPSA) is 45.4 Å². The second kappa shape index (κ2) is 6.45. The van der Waals surface area contributed by atoms with Crippen molar-refractivity contribution >= 4 is 6.01 Å². The van der Waals surface area contributed by atoms with E-state index in [9.17, 15) is 0 Å². The van der Waals surface area contributed by atoms with Gasteiger partial charge in [-0.3, -0.25) is 4.90 Å². The molecule has 3 heterocycles. The van der Waals surface area contributed by atoms with E-state index in [-0.39, 0.29) is 0 Å². The van der Waals surface area contributed by atoms with Gasteiger partial charge in [0.15, 0.2) is 0 Å². The molecule has 0 N–H and O–H groups in total. The van der Waals surface area contributed by atoms with Crippen LogP contribution in [0.3, 0.4) is 0 Å². The summed E-state index contributed by atoms with van der Waals surface area (Å²) in [6.07, 6.45) is 6.22. The second-order valence-electron chi connectivity index (χ2n) is 7.86. The van der Waals surface area contributed by atoms with Crippen LogP contribution in [0.25, 0.3) is 0 Å².